The molecule has 3 nitrogen and oxygen atoms in total. The standard InChI is InChI=1S/C18H36N2O/c1-13(2)20-10-14(9-17(21)15-6-7-15)8-16(11-20)19-12-18(3,4)5/h13-17,19,21H,6-12H2,1-5H3. The summed E-state index contributed by atoms with van der Waals surface area (Å²) in [4.78, 5) is 2.59. The second-order valence-electron chi connectivity index (χ2n) is 8.93. The summed E-state index contributed by atoms with van der Waals surface area (Å²) in [6.07, 6.45) is 4.66. The molecule has 1 saturated carbocycles. The first-order valence-electron chi connectivity index (χ1n) is 8.90. The van der Waals surface area contributed by atoms with Crippen LogP contribution in [0.4, 0.5) is 0 Å². The summed E-state index contributed by atoms with van der Waals surface area (Å²) in [6, 6.07) is 1.18. The lowest BCUT2D eigenvalue weighted by Gasteiger charge is -2.41. The number of nitrogens with one attached hydrogen (secondary N) is 1. The van der Waals surface area contributed by atoms with Crippen LogP contribution in [0.5, 0.6) is 0 Å². The molecule has 2 rings (SSSR count). The van der Waals surface area contributed by atoms with Crippen molar-refractivity contribution in [3.05, 3.63) is 0 Å². The summed E-state index contributed by atoms with van der Waals surface area (Å²) in [5.41, 5.74) is 0.336. The van der Waals surface area contributed by atoms with Crippen LogP contribution in [0.2, 0.25) is 0 Å². The highest BCUT2D eigenvalue weighted by molar-refractivity contribution is 4.89. The van der Waals surface area contributed by atoms with Gasteiger partial charge in [-0.3, -0.25) is 4.90 Å². The van der Waals surface area contributed by atoms with E-state index in [1.165, 1.54) is 19.3 Å². The normalized spacial score (nSPS) is 29.9. The second-order valence-corrected chi connectivity index (χ2v) is 8.93. The van der Waals surface area contributed by atoms with E-state index in [2.05, 4.69) is 44.8 Å². The molecule has 0 aromatic carbocycles. The Morgan fingerprint density at radius 2 is 1.86 bits per heavy atom. The Morgan fingerprint density at radius 3 is 2.38 bits per heavy atom. The summed E-state index contributed by atoms with van der Waals surface area (Å²) < 4.78 is 0. The first kappa shape index (κ1) is 17.2. The summed E-state index contributed by atoms with van der Waals surface area (Å²) in [7, 11) is 0. The van der Waals surface area contributed by atoms with Crippen molar-refractivity contribution in [2.75, 3.05) is 19.6 Å². The maximum absolute atomic E-state index is 10.3. The zero-order chi connectivity index (χ0) is 15.6. The summed E-state index contributed by atoms with van der Waals surface area (Å²) >= 11 is 0. The molecule has 1 heterocycles. The zero-order valence-electron chi connectivity index (χ0n) is 14.7. The topological polar surface area (TPSA) is 35.5 Å². The number of hydrogen-bond acceptors (Lipinski definition) is 3. The van der Waals surface area contributed by atoms with Gasteiger partial charge in [-0.1, -0.05) is 20.8 Å². The fourth-order valence-electron chi connectivity index (χ4n) is 3.45. The van der Waals surface area contributed by atoms with Crippen molar-refractivity contribution in [3.63, 3.8) is 0 Å². The third-order valence-electron chi connectivity index (χ3n) is 4.96. The van der Waals surface area contributed by atoms with Crippen molar-refractivity contribution in [2.24, 2.45) is 17.3 Å². The van der Waals surface area contributed by atoms with Gasteiger partial charge in [0.25, 0.3) is 0 Å². The van der Waals surface area contributed by atoms with Gasteiger partial charge in [-0.15, -0.1) is 0 Å². The van der Waals surface area contributed by atoms with Gasteiger partial charge in [0.05, 0.1) is 6.10 Å². The monoisotopic (exact) mass is 296 g/mol. The van der Waals surface area contributed by atoms with Crippen LogP contribution in [0.15, 0.2) is 0 Å². The Labute approximate surface area is 131 Å². The van der Waals surface area contributed by atoms with Crippen molar-refractivity contribution in [3.8, 4) is 0 Å². The highest BCUT2D eigenvalue weighted by atomic mass is 16.3. The Hall–Kier alpha value is -0.120. The molecule has 124 valence electrons. The van der Waals surface area contributed by atoms with E-state index in [0.29, 0.717) is 29.3 Å². The molecule has 3 unspecified atom stereocenters. The average Bonchev–Trinajstić information content (AvgIpc) is 3.19. The zero-order valence-corrected chi connectivity index (χ0v) is 14.7. The molecule has 0 spiro atoms. The van der Waals surface area contributed by atoms with Crippen LogP contribution in [0.1, 0.15) is 60.3 Å². The molecule has 3 atom stereocenters. The van der Waals surface area contributed by atoms with Gasteiger partial charge >= 0.3 is 0 Å². The predicted molar refractivity (Wildman–Crippen MR) is 89.4 cm³/mol. The van der Waals surface area contributed by atoms with Crippen LogP contribution in [-0.4, -0.2) is 47.8 Å². The summed E-state index contributed by atoms with van der Waals surface area (Å²) in [6.45, 7) is 14.8. The van der Waals surface area contributed by atoms with E-state index < -0.39 is 0 Å². The first-order valence-corrected chi connectivity index (χ1v) is 8.90. The van der Waals surface area contributed by atoms with Gasteiger partial charge in [0.2, 0.25) is 0 Å². The van der Waals surface area contributed by atoms with Crippen molar-refractivity contribution in [1.29, 1.82) is 0 Å². The van der Waals surface area contributed by atoms with Gasteiger partial charge in [-0.2, -0.15) is 0 Å². The molecule has 1 aliphatic carbocycles. The van der Waals surface area contributed by atoms with E-state index in [0.717, 1.165) is 26.1 Å². The van der Waals surface area contributed by atoms with Gasteiger partial charge in [-0.05, 0) is 56.8 Å². The highest BCUT2D eigenvalue weighted by Crippen LogP contribution is 2.36. The lowest BCUT2D eigenvalue weighted by atomic mass is 9.87. The van der Waals surface area contributed by atoms with Gasteiger partial charge in [-0.25, -0.2) is 0 Å². The molecule has 0 aromatic heterocycles. The lowest BCUT2D eigenvalue weighted by Crippen LogP contribution is -2.53. The third-order valence-corrected chi connectivity index (χ3v) is 4.96. The molecule has 2 fully saturated rings. The van der Waals surface area contributed by atoms with E-state index in [1.54, 1.807) is 0 Å². The van der Waals surface area contributed by atoms with E-state index in [-0.39, 0.29) is 6.10 Å². The summed E-state index contributed by atoms with van der Waals surface area (Å²) in [5, 5.41) is 14.0. The number of piperidine rings is 1. The quantitative estimate of drug-likeness (QED) is 0.791. The number of aliphatic hydroxyl groups is 1. The Morgan fingerprint density at radius 1 is 1.19 bits per heavy atom. The van der Waals surface area contributed by atoms with E-state index >= 15 is 0 Å². The Balaban J connectivity index is 1.87. The number of hydrogen-bond donors (Lipinski definition) is 2. The van der Waals surface area contributed by atoms with Crippen LogP contribution in [0, 0.1) is 17.3 Å². The minimum Gasteiger partial charge on any atom is -0.393 e. The largest absolute Gasteiger partial charge is 0.393 e. The molecular formula is C18H36N2O. The average molecular weight is 296 g/mol. The first-order chi connectivity index (χ1) is 9.74. The number of rotatable bonds is 6. The van der Waals surface area contributed by atoms with Gasteiger partial charge < -0.3 is 10.4 Å². The highest BCUT2D eigenvalue weighted by Gasteiger charge is 2.35. The smallest absolute Gasteiger partial charge is 0.0571 e. The molecule has 21 heavy (non-hydrogen) atoms. The Bertz CT molecular complexity index is 318. The second kappa shape index (κ2) is 6.97. The fourth-order valence-corrected chi connectivity index (χ4v) is 3.45. The molecular weight excluding hydrogens is 260 g/mol. The molecule has 2 aliphatic rings. The van der Waals surface area contributed by atoms with E-state index in [4.69, 9.17) is 0 Å². The van der Waals surface area contributed by atoms with Crippen LogP contribution in [-0.2, 0) is 0 Å². The van der Waals surface area contributed by atoms with Gasteiger partial charge in [0.15, 0.2) is 0 Å². The van der Waals surface area contributed by atoms with E-state index in [1.807, 2.05) is 0 Å². The van der Waals surface area contributed by atoms with Crippen LogP contribution >= 0.6 is 0 Å². The van der Waals surface area contributed by atoms with Crippen molar-refractivity contribution in [1.82, 2.24) is 10.2 Å². The van der Waals surface area contributed by atoms with Crippen LogP contribution in [0.3, 0.4) is 0 Å². The molecule has 0 aromatic rings. The van der Waals surface area contributed by atoms with Crippen LogP contribution < -0.4 is 5.32 Å². The van der Waals surface area contributed by atoms with Gasteiger partial charge in [0, 0.05) is 31.7 Å². The molecule has 0 bridgehead atoms. The maximum Gasteiger partial charge on any atom is 0.0571 e. The molecule has 3 heteroatoms. The number of likely N-dealkylation sites (tertiary alicyclic amines) is 1. The molecule has 0 radical (unpaired) electrons. The number of nitrogens with zero attached hydrogens (tertiary/aromatic N) is 1. The molecule has 0 amide bonds. The third kappa shape index (κ3) is 5.88. The Kier molecular flexibility index (Phi) is 5.72. The van der Waals surface area contributed by atoms with Crippen molar-refractivity contribution in [2.45, 2.75) is 78.5 Å². The number of aliphatic hydroxyl groups excluding tert-OH is 1. The van der Waals surface area contributed by atoms with Crippen molar-refractivity contribution >= 4 is 0 Å². The summed E-state index contributed by atoms with van der Waals surface area (Å²) in [5.74, 6) is 1.26. The fraction of sp³-hybridized carbons (Fsp3) is 1.00. The minimum absolute atomic E-state index is 0.0506. The predicted octanol–water partition coefficient (Wildman–Crippen LogP) is 2.88. The van der Waals surface area contributed by atoms with Crippen molar-refractivity contribution < 1.29 is 5.11 Å². The SMILES string of the molecule is CC(C)N1CC(CC(O)C2CC2)CC(NCC(C)(C)C)C1. The molecule has 2 N–H and O–H groups in total. The van der Waals surface area contributed by atoms with Crippen LogP contribution in [0.25, 0.3) is 0 Å². The molecule has 1 saturated heterocycles. The van der Waals surface area contributed by atoms with E-state index in [9.17, 15) is 5.11 Å². The molecule has 1 aliphatic heterocycles. The lowest BCUT2D eigenvalue weighted by molar-refractivity contribution is 0.0607. The van der Waals surface area contributed by atoms with Gasteiger partial charge in [0.1, 0.15) is 0 Å². The minimum atomic E-state index is -0.0506. The maximum atomic E-state index is 10.3.